The molecule has 31 heavy (non-hydrogen) atoms. The second-order valence-electron chi connectivity index (χ2n) is 7.00. The molecule has 0 N–H and O–H groups in total. The number of hydrogen-bond donors (Lipinski definition) is 0. The number of rotatable bonds is 8. The van der Waals surface area contributed by atoms with Crippen LogP contribution in [0.2, 0.25) is 0 Å². The first-order valence-electron chi connectivity index (χ1n) is 10.0. The molecular formula is C26H23NO4. The van der Waals surface area contributed by atoms with E-state index in [0.29, 0.717) is 29.9 Å². The van der Waals surface area contributed by atoms with Gasteiger partial charge in [0.2, 0.25) is 0 Å². The summed E-state index contributed by atoms with van der Waals surface area (Å²) in [7, 11) is 3.24. The first-order valence-corrected chi connectivity index (χ1v) is 10.0. The fourth-order valence-electron chi connectivity index (χ4n) is 3.49. The SMILES string of the molecule is COc1ccc(C(=O)C2=CCC=C2C(=NCc2ccco2)c2ccc(OC)cc2)cc1. The quantitative estimate of drug-likeness (QED) is 0.365. The normalized spacial score (nSPS) is 13.5. The van der Waals surface area contributed by atoms with Gasteiger partial charge in [0.15, 0.2) is 5.78 Å². The van der Waals surface area contributed by atoms with Crippen LogP contribution in [0.3, 0.4) is 0 Å². The van der Waals surface area contributed by atoms with E-state index < -0.39 is 0 Å². The molecule has 0 aliphatic heterocycles. The van der Waals surface area contributed by atoms with Gasteiger partial charge in [-0.15, -0.1) is 0 Å². The molecule has 0 saturated carbocycles. The molecule has 156 valence electrons. The number of furan rings is 1. The predicted molar refractivity (Wildman–Crippen MR) is 120 cm³/mol. The van der Waals surface area contributed by atoms with Gasteiger partial charge in [-0.1, -0.05) is 12.2 Å². The maximum Gasteiger partial charge on any atom is 0.193 e. The van der Waals surface area contributed by atoms with E-state index in [-0.39, 0.29) is 5.78 Å². The number of aliphatic imine (C=N–C) groups is 1. The summed E-state index contributed by atoms with van der Waals surface area (Å²) in [4.78, 5) is 18.1. The van der Waals surface area contributed by atoms with E-state index in [4.69, 9.17) is 18.9 Å². The largest absolute Gasteiger partial charge is 0.497 e. The molecule has 0 amide bonds. The molecule has 0 saturated heterocycles. The Morgan fingerprint density at radius 3 is 2.06 bits per heavy atom. The minimum atomic E-state index is -0.0365. The lowest BCUT2D eigenvalue weighted by atomic mass is 9.92. The molecule has 0 bridgehead atoms. The van der Waals surface area contributed by atoms with Crippen LogP contribution in [-0.4, -0.2) is 25.7 Å². The van der Waals surface area contributed by atoms with E-state index in [9.17, 15) is 4.79 Å². The number of carbonyl (C=O) groups excluding carboxylic acids is 1. The van der Waals surface area contributed by atoms with Crippen LogP contribution in [0.1, 0.15) is 28.1 Å². The summed E-state index contributed by atoms with van der Waals surface area (Å²) in [5.74, 6) is 2.20. The van der Waals surface area contributed by atoms with Gasteiger partial charge in [-0.05, 0) is 67.1 Å². The summed E-state index contributed by atoms with van der Waals surface area (Å²) >= 11 is 0. The Hall–Kier alpha value is -3.86. The zero-order valence-electron chi connectivity index (χ0n) is 17.5. The number of nitrogens with zero attached hydrogens (tertiary/aromatic N) is 1. The molecule has 5 nitrogen and oxygen atoms in total. The fraction of sp³-hybridized carbons (Fsp3) is 0.154. The first-order chi connectivity index (χ1) is 15.2. The third-order valence-electron chi connectivity index (χ3n) is 5.12. The van der Waals surface area contributed by atoms with Crippen molar-refractivity contribution in [2.45, 2.75) is 13.0 Å². The number of benzene rings is 2. The van der Waals surface area contributed by atoms with E-state index in [2.05, 4.69) is 0 Å². The highest BCUT2D eigenvalue weighted by Gasteiger charge is 2.24. The zero-order chi connectivity index (χ0) is 21.6. The second kappa shape index (κ2) is 9.30. The maximum atomic E-state index is 13.3. The average Bonchev–Trinajstić information content (AvgIpc) is 3.52. The standard InChI is InChI=1S/C26H23NO4/c1-29-20-12-8-18(9-13-20)25(27-17-22-5-4-16-31-22)23-6-3-7-24(23)26(28)19-10-14-21(30-2)15-11-19/h4-16H,3,17H2,1-2H3. The Morgan fingerprint density at radius 2 is 1.48 bits per heavy atom. The minimum absolute atomic E-state index is 0.0365. The van der Waals surface area contributed by atoms with E-state index in [1.165, 1.54) is 0 Å². The van der Waals surface area contributed by atoms with Crippen molar-refractivity contribution < 1.29 is 18.7 Å². The van der Waals surface area contributed by atoms with Crippen LogP contribution in [0.25, 0.3) is 0 Å². The number of Topliss-reactive ketones (excluding diaryl/α,β-unsaturated/α-hetero) is 1. The monoisotopic (exact) mass is 413 g/mol. The molecule has 0 spiro atoms. The Balaban J connectivity index is 1.68. The lowest BCUT2D eigenvalue weighted by Gasteiger charge is -2.13. The molecule has 1 aromatic heterocycles. The summed E-state index contributed by atoms with van der Waals surface area (Å²) in [6.07, 6.45) is 6.31. The molecule has 0 radical (unpaired) electrons. The van der Waals surface area contributed by atoms with Crippen LogP contribution in [0.4, 0.5) is 0 Å². The summed E-state index contributed by atoms with van der Waals surface area (Å²) < 4.78 is 15.9. The molecule has 0 unspecified atom stereocenters. The number of ketones is 1. The fourth-order valence-corrected chi connectivity index (χ4v) is 3.49. The van der Waals surface area contributed by atoms with Gasteiger partial charge in [0.25, 0.3) is 0 Å². The summed E-state index contributed by atoms with van der Waals surface area (Å²) in [6.45, 7) is 0.385. The average molecular weight is 413 g/mol. The summed E-state index contributed by atoms with van der Waals surface area (Å²) in [5, 5.41) is 0. The van der Waals surface area contributed by atoms with Crippen LogP contribution < -0.4 is 9.47 Å². The Morgan fingerprint density at radius 1 is 0.871 bits per heavy atom. The molecule has 2 aromatic carbocycles. The lowest BCUT2D eigenvalue weighted by Crippen LogP contribution is -2.13. The maximum absolute atomic E-state index is 13.3. The molecule has 3 aromatic rings. The van der Waals surface area contributed by atoms with Gasteiger partial charge < -0.3 is 13.9 Å². The van der Waals surface area contributed by atoms with Gasteiger partial charge in [-0.25, -0.2) is 0 Å². The van der Waals surface area contributed by atoms with Gasteiger partial charge in [-0.3, -0.25) is 9.79 Å². The van der Waals surface area contributed by atoms with Gasteiger partial charge in [0.05, 0.1) is 32.7 Å². The Labute approximate surface area is 181 Å². The molecule has 0 atom stereocenters. The summed E-state index contributed by atoms with van der Waals surface area (Å²) in [6, 6.07) is 18.6. The first kappa shape index (κ1) is 20.4. The second-order valence-corrected chi connectivity index (χ2v) is 7.00. The van der Waals surface area contributed by atoms with Gasteiger partial charge in [0, 0.05) is 22.3 Å². The lowest BCUT2D eigenvalue weighted by molar-refractivity contribution is 0.103. The molecule has 1 heterocycles. The number of hydrogen-bond acceptors (Lipinski definition) is 5. The van der Waals surface area contributed by atoms with Crippen molar-refractivity contribution in [3.05, 3.63) is 107 Å². The topological polar surface area (TPSA) is 61.0 Å². The molecule has 1 aliphatic rings. The van der Waals surface area contributed by atoms with E-state index in [1.54, 1.807) is 44.7 Å². The third-order valence-corrected chi connectivity index (χ3v) is 5.12. The third kappa shape index (κ3) is 4.51. The minimum Gasteiger partial charge on any atom is -0.497 e. The Kier molecular flexibility index (Phi) is 6.13. The van der Waals surface area contributed by atoms with Crippen LogP contribution in [-0.2, 0) is 6.54 Å². The van der Waals surface area contributed by atoms with Crippen LogP contribution in [0.5, 0.6) is 11.5 Å². The van der Waals surface area contributed by atoms with Gasteiger partial charge in [-0.2, -0.15) is 0 Å². The molecule has 0 fully saturated rings. The number of carbonyl (C=O) groups is 1. The van der Waals surface area contributed by atoms with Crippen molar-refractivity contribution >= 4 is 11.5 Å². The molecular weight excluding hydrogens is 390 g/mol. The predicted octanol–water partition coefficient (Wildman–Crippen LogP) is 5.43. The smallest absolute Gasteiger partial charge is 0.193 e. The van der Waals surface area contributed by atoms with Crippen molar-refractivity contribution in [1.82, 2.24) is 0 Å². The molecule has 1 aliphatic carbocycles. The van der Waals surface area contributed by atoms with E-state index >= 15 is 0 Å². The van der Waals surface area contributed by atoms with Crippen LogP contribution in [0.15, 0.2) is 99.6 Å². The highest BCUT2D eigenvalue weighted by Crippen LogP contribution is 2.29. The van der Waals surface area contributed by atoms with E-state index in [1.807, 2.05) is 48.6 Å². The number of ether oxygens (including phenoxy) is 2. The number of methoxy groups -OCH3 is 2. The van der Waals surface area contributed by atoms with E-state index in [0.717, 1.165) is 28.4 Å². The van der Waals surface area contributed by atoms with Crippen molar-refractivity contribution in [2.75, 3.05) is 14.2 Å². The van der Waals surface area contributed by atoms with Crippen molar-refractivity contribution in [1.29, 1.82) is 0 Å². The Bertz CT molecular complexity index is 1140. The van der Waals surface area contributed by atoms with Crippen LogP contribution >= 0.6 is 0 Å². The van der Waals surface area contributed by atoms with Crippen molar-refractivity contribution in [3.8, 4) is 11.5 Å². The van der Waals surface area contributed by atoms with Gasteiger partial charge in [0.1, 0.15) is 17.3 Å². The molecule has 5 heteroatoms. The van der Waals surface area contributed by atoms with Crippen molar-refractivity contribution in [2.24, 2.45) is 4.99 Å². The highest BCUT2D eigenvalue weighted by molar-refractivity contribution is 6.25. The van der Waals surface area contributed by atoms with Gasteiger partial charge >= 0.3 is 0 Å². The van der Waals surface area contributed by atoms with Crippen LogP contribution in [0, 0.1) is 0 Å². The summed E-state index contributed by atoms with van der Waals surface area (Å²) in [5.41, 5.74) is 3.76. The molecule has 4 rings (SSSR count). The number of allylic oxidation sites excluding steroid dienone is 4. The highest BCUT2D eigenvalue weighted by atomic mass is 16.5. The van der Waals surface area contributed by atoms with Crippen molar-refractivity contribution in [3.63, 3.8) is 0 Å². The zero-order valence-corrected chi connectivity index (χ0v) is 17.5.